The topological polar surface area (TPSA) is 66.4 Å². The molecule has 0 unspecified atom stereocenters. The lowest BCUT2D eigenvalue weighted by molar-refractivity contribution is -0.114. The van der Waals surface area contributed by atoms with Crippen LogP contribution in [0.2, 0.25) is 0 Å². The van der Waals surface area contributed by atoms with E-state index in [-0.39, 0.29) is 11.7 Å². The monoisotopic (exact) mass is 193 g/mol. The highest BCUT2D eigenvalue weighted by atomic mass is 16.3. The number of hydrogen-bond acceptors (Lipinski definition) is 3. The summed E-state index contributed by atoms with van der Waals surface area (Å²) >= 11 is 0. The molecule has 4 heteroatoms. The van der Waals surface area contributed by atoms with Gasteiger partial charge in [-0.2, -0.15) is 0 Å². The molecular weight excluding hydrogens is 182 g/mol. The third-order valence-corrected chi connectivity index (χ3v) is 1.85. The molecule has 14 heavy (non-hydrogen) atoms. The molecule has 0 heterocycles. The molecule has 4 nitrogen and oxygen atoms in total. The van der Waals surface area contributed by atoms with Crippen molar-refractivity contribution in [2.45, 2.75) is 13.8 Å². The van der Waals surface area contributed by atoms with Gasteiger partial charge in [-0.15, -0.1) is 0 Å². The van der Waals surface area contributed by atoms with Gasteiger partial charge in [0.1, 0.15) is 12.0 Å². The number of aldehydes is 1. The molecular formula is C10H11NO3. The maximum Gasteiger partial charge on any atom is 0.221 e. The van der Waals surface area contributed by atoms with E-state index in [2.05, 4.69) is 5.32 Å². The number of hydrogen-bond donors (Lipinski definition) is 2. The second-order valence-electron chi connectivity index (χ2n) is 3.01. The van der Waals surface area contributed by atoms with Gasteiger partial charge in [0.15, 0.2) is 0 Å². The van der Waals surface area contributed by atoms with Crippen LogP contribution in [0.15, 0.2) is 12.1 Å². The summed E-state index contributed by atoms with van der Waals surface area (Å²) in [5, 5.41) is 11.9. The van der Waals surface area contributed by atoms with E-state index in [4.69, 9.17) is 0 Å². The first-order valence-corrected chi connectivity index (χ1v) is 4.11. The number of phenols is 1. The van der Waals surface area contributed by atoms with Crippen molar-refractivity contribution in [2.75, 3.05) is 5.32 Å². The largest absolute Gasteiger partial charge is 0.508 e. The van der Waals surface area contributed by atoms with Gasteiger partial charge in [-0.05, 0) is 19.1 Å². The molecule has 0 bridgehead atoms. The van der Waals surface area contributed by atoms with Gasteiger partial charge in [-0.1, -0.05) is 0 Å². The Hall–Kier alpha value is -1.84. The number of carbonyl (C=O) groups is 2. The van der Waals surface area contributed by atoms with E-state index in [0.29, 0.717) is 23.1 Å². The molecule has 1 aromatic rings. The first-order chi connectivity index (χ1) is 6.54. The zero-order valence-electron chi connectivity index (χ0n) is 8.00. The van der Waals surface area contributed by atoms with Crippen molar-refractivity contribution in [1.82, 2.24) is 0 Å². The Morgan fingerprint density at radius 1 is 1.50 bits per heavy atom. The smallest absolute Gasteiger partial charge is 0.221 e. The van der Waals surface area contributed by atoms with Crippen LogP contribution < -0.4 is 5.32 Å². The van der Waals surface area contributed by atoms with E-state index in [1.54, 1.807) is 6.92 Å². The van der Waals surface area contributed by atoms with Gasteiger partial charge < -0.3 is 10.4 Å². The Morgan fingerprint density at radius 3 is 2.64 bits per heavy atom. The molecule has 0 radical (unpaired) electrons. The third kappa shape index (κ3) is 2.10. The summed E-state index contributed by atoms with van der Waals surface area (Å²) in [5.41, 5.74) is 1.34. The Balaban J connectivity index is 3.19. The lowest BCUT2D eigenvalue weighted by atomic mass is 10.1. The fraction of sp³-hybridized carbons (Fsp3) is 0.200. The molecule has 2 N–H and O–H groups in total. The van der Waals surface area contributed by atoms with Crippen LogP contribution in [0.3, 0.4) is 0 Å². The molecule has 1 aromatic carbocycles. The van der Waals surface area contributed by atoms with Crippen LogP contribution in [0.1, 0.15) is 22.8 Å². The van der Waals surface area contributed by atoms with E-state index < -0.39 is 0 Å². The molecule has 0 aromatic heterocycles. The van der Waals surface area contributed by atoms with Gasteiger partial charge in [-0.3, -0.25) is 9.59 Å². The van der Waals surface area contributed by atoms with Crippen molar-refractivity contribution in [3.63, 3.8) is 0 Å². The molecule has 0 spiro atoms. The minimum atomic E-state index is -0.240. The maximum absolute atomic E-state index is 10.8. The first kappa shape index (κ1) is 10.2. The van der Waals surface area contributed by atoms with Crippen molar-refractivity contribution in [3.05, 3.63) is 23.3 Å². The summed E-state index contributed by atoms with van der Waals surface area (Å²) in [6, 6.07) is 2.87. The fourth-order valence-corrected chi connectivity index (χ4v) is 1.11. The lowest BCUT2D eigenvalue weighted by Gasteiger charge is -2.08. The van der Waals surface area contributed by atoms with Gasteiger partial charge in [0.25, 0.3) is 0 Å². The van der Waals surface area contributed by atoms with E-state index >= 15 is 0 Å². The van der Waals surface area contributed by atoms with E-state index in [9.17, 15) is 14.7 Å². The van der Waals surface area contributed by atoms with E-state index in [1.165, 1.54) is 19.1 Å². The van der Waals surface area contributed by atoms with Gasteiger partial charge in [-0.25, -0.2) is 0 Å². The van der Waals surface area contributed by atoms with Gasteiger partial charge in [0, 0.05) is 23.7 Å². The summed E-state index contributed by atoms with van der Waals surface area (Å²) < 4.78 is 0. The number of phenolic OH excluding ortho intramolecular Hbond substituents is 1. The van der Waals surface area contributed by atoms with Crippen LogP contribution in [0, 0.1) is 6.92 Å². The van der Waals surface area contributed by atoms with Crippen LogP contribution in [-0.4, -0.2) is 17.3 Å². The number of nitrogens with one attached hydrogen (secondary N) is 1. The molecule has 0 saturated carbocycles. The Morgan fingerprint density at radius 2 is 2.14 bits per heavy atom. The van der Waals surface area contributed by atoms with Crippen LogP contribution in [-0.2, 0) is 4.79 Å². The third-order valence-electron chi connectivity index (χ3n) is 1.85. The number of carbonyl (C=O) groups excluding carboxylic acids is 2. The molecule has 0 aliphatic rings. The van der Waals surface area contributed by atoms with Crippen molar-refractivity contribution in [3.8, 4) is 5.75 Å². The van der Waals surface area contributed by atoms with Crippen molar-refractivity contribution < 1.29 is 14.7 Å². The quantitative estimate of drug-likeness (QED) is 0.699. The summed E-state index contributed by atoms with van der Waals surface area (Å²) in [5.74, 6) is -0.242. The highest BCUT2D eigenvalue weighted by Crippen LogP contribution is 2.25. The van der Waals surface area contributed by atoms with E-state index in [1.807, 2.05) is 0 Å². The summed E-state index contributed by atoms with van der Waals surface area (Å²) in [6.07, 6.45) is 0.616. The second kappa shape index (κ2) is 3.91. The SMILES string of the molecule is CC(=O)Nc1cc(C=O)cc(O)c1C. The summed E-state index contributed by atoms with van der Waals surface area (Å²) in [7, 11) is 0. The number of aromatic hydroxyl groups is 1. The first-order valence-electron chi connectivity index (χ1n) is 4.11. The summed E-state index contributed by atoms with van der Waals surface area (Å²) in [4.78, 5) is 21.3. The van der Waals surface area contributed by atoms with E-state index in [0.717, 1.165) is 0 Å². The van der Waals surface area contributed by atoms with Crippen molar-refractivity contribution >= 4 is 17.9 Å². The lowest BCUT2D eigenvalue weighted by Crippen LogP contribution is -2.07. The molecule has 0 aliphatic carbocycles. The maximum atomic E-state index is 10.8. The number of benzene rings is 1. The van der Waals surface area contributed by atoms with Gasteiger partial charge in [0.05, 0.1) is 0 Å². The fourth-order valence-electron chi connectivity index (χ4n) is 1.11. The van der Waals surface area contributed by atoms with Gasteiger partial charge >= 0.3 is 0 Å². The van der Waals surface area contributed by atoms with Crippen LogP contribution in [0.5, 0.6) is 5.75 Å². The minimum Gasteiger partial charge on any atom is -0.508 e. The molecule has 1 amide bonds. The number of anilines is 1. The van der Waals surface area contributed by atoms with Crippen LogP contribution in [0.4, 0.5) is 5.69 Å². The summed E-state index contributed by atoms with van der Waals surface area (Å²) in [6.45, 7) is 3.03. The number of rotatable bonds is 2. The molecule has 0 fully saturated rings. The molecule has 0 saturated heterocycles. The molecule has 74 valence electrons. The van der Waals surface area contributed by atoms with Crippen molar-refractivity contribution in [1.29, 1.82) is 0 Å². The zero-order chi connectivity index (χ0) is 10.7. The zero-order valence-corrected chi connectivity index (χ0v) is 8.00. The van der Waals surface area contributed by atoms with Crippen molar-refractivity contribution in [2.24, 2.45) is 0 Å². The second-order valence-corrected chi connectivity index (χ2v) is 3.01. The molecule has 0 aliphatic heterocycles. The molecule has 1 rings (SSSR count). The standard InChI is InChI=1S/C10H11NO3/c1-6-9(11-7(2)13)3-8(5-12)4-10(6)14/h3-5,14H,1-2H3,(H,11,13). The highest BCUT2D eigenvalue weighted by Gasteiger charge is 2.06. The predicted molar refractivity (Wildman–Crippen MR) is 52.5 cm³/mol. The Bertz CT molecular complexity index is 385. The Labute approximate surface area is 81.6 Å². The Kier molecular flexibility index (Phi) is 2.86. The average molecular weight is 193 g/mol. The van der Waals surface area contributed by atoms with Crippen LogP contribution >= 0.6 is 0 Å². The highest BCUT2D eigenvalue weighted by molar-refractivity contribution is 5.91. The minimum absolute atomic E-state index is 0.00153. The normalized spacial score (nSPS) is 9.57. The van der Waals surface area contributed by atoms with Gasteiger partial charge in [0.2, 0.25) is 5.91 Å². The average Bonchev–Trinajstić information content (AvgIpc) is 2.11. The number of amides is 1. The molecule has 0 atom stereocenters. The van der Waals surface area contributed by atoms with Crippen LogP contribution in [0.25, 0.3) is 0 Å². The predicted octanol–water partition coefficient (Wildman–Crippen LogP) is 1.47.